The van der Waals surface area contributed by atoms with Crippen LogP contribution < -0.4 is 11.2 Å². The number of carbonyl (C=O) groups is 1. The highest BCUT2D eigenvalue weighted by molar-refractivity contribution is 6.09. The van der Waals surface area contributed by atoms with Gasteiger partial charge in [0.2, 0.25) is 0 Å². The number of nitrogens with two attached hydrogens (primary N) is 1. The van der Waals surface area contributed by atoms with E-state index in [1.54, 1.807) is 37.1 Å². The lowest BCUT2D eigenvalue weighted by molar-refractivity contribution is 0.102. The first kappa shape index (κ1) is 21.9. The number of hydrazone groups is 1. The van der Waals surface area contributed by atoms with Crippen LogP contribution in [0.3, 0.4) is 0 Å². The van der Waals surface area contributed by atoms with E-state index in [0.29, 0.717) is 11.4 Å². The van der Waals surface area contributed by atoms with Gasteiger partial charge in [-0.05, 0) is 58.3 Å². The van der Waals surface area contributed by atoms with Gasteiger partial charge in [0.15, 0.2) is 0 Å². The van der Waals surface area contributed by atoms with Crippen molar-refractivity contribution in [3.05, 3.63) is 84.4 Å². The lowest BCUT2D eigenvalue weighted by atomic mass is 9.95. The van der Waals surface area contributed by atoms with Gasteiger partial charge in [0.25, 0.3) is 5.91 Å². The molecule has 0 saturated heterocycles. The number of furan rings is 1. The van der Waals surface area contributed by atoms with Crippen molar-refractivity contribution >= 4 is 53.5 Å². The van der Waals surface area contributed by atoms with E-state index in [1.165, 1.54) is 0 Å². The third-order valence-corrected chi connectivity index (χ3v) is 4.20. The highest BCUT2D eigenvalue weighted by Gasteiger charge is 2.13. The summed E-state index contributed by atoms with van der Waals surface area (Å²) in [6.45, 7) is 0. The Bertz CT molecular complexity index is 1130. The second-order valence-electron chi connectivity index (χ2n) is 5.96. The van der Waals surface area contributed by atoms with Crippen LogP contribution in [0.2, 0.25) is 0 Å². The van der Waals surface area contributed by atoms with Crippen molar-refractivity contribution < 1.29 is 9.21 Å². The van der Waals surface area contributed by atoms with Gasteiger partial charge < -0.3 is 15.6 Å². The van der Waals surface area contributed by atoms with Crippen molar-refractivity contribution in [2.75, 3.05) is 5.32 Å². The summed E-state index contributed by atoms with van der Waals surface area (Å²) >= 11 is 0. The molecule has 2 aromatic carbocycles. The van der Waals surface area contributed by atoms with Crippen LogP contribution in [-0.4, -0.2) is 17.1 Å². The number of nitrogens with one attached hydrogen (secondary N) is 1. The minimum atomic E-state index is -0.229. The number of fused-ring (bicyclic) bond motifs is 1. The smallest absolute Gasteiger partial charge is 0.256 e. The van der Waals surface area contributed by atoms with E-state index in [4.69, 9.17) is 10.3 Å². The van der Waals surface area contributed by atoms with Crippen LogP contribution in [0.4, 0.5) is 5.82 Å². The van der Waals surface area contributed by atoms with Crippen LogP contribution in [0.15, 0.2) is 82.8 Å². The van der Waals surface area contributed by atoms with Gasteiger partial charge in [-0.1, -0.05) is 18.2 Å². The molecule has 0 aliphatic heterocycles. The lowest BCUT2D eigenvalue weighted by Crippen LogP contribution is -2.13. The van der Waals surface area contributed by atoms with Gasteiger partial charge in [0.1, 0.15) is 5.82 Å². The van der Waals surface area contributed by atoms with Crippen molar-refractivity contribution in [3.8, 4) is 11.1 Å². The quantitative estimate of drug-likeness (QED) is 0.275. The summed E-state index contributed by atoms with van der Waals surface area (Å²) in [7, 11) is 0. The first-order valence-electron chi connectivity index (χ1n) is 8.30. The van der Waals surface area contributed by atoms with Gasteiger partial charge in [0.05, 0.1) is 18.7 Å². The molecule has 2 heterocycles. The molecule has 1 amide bonds. The fourth-order valence-corrected chi connectivity index (χ4v) is 2.95. The molecule has 29 heavy (non-hydrogen) atoms. The van der Waals surface area contributed by atoms with E-state index in [9.17, 15) is 4.79 Å². The minimum absolute atomic E-state index is 0. The molecule has 0 spiro atoms. The third-order valence-electron chi connectivity index (χ3n) is 4.20. The topological polar surface area (TPSA) is 93.5 Å². The van der Waals surface area contributed by atoms with E-state index in [2.05, 4.69) is 15.4 Å². The Morgan fingerprint density at radius 1 is 1.10 bits per heavy atom. The Balaban J connectivity index is 0.00000150. The number of hydrogen-bond acceptors (Lipinski definition) is 5. The number of nitrogens with zero attached hydrogens (tertiary/aromatic N) is 2. The van der Waals surface area contributed by atoms with Gasteiger partial charge in [-0.2, -0.15) is 5.10 Å². The van der Waals surface area contributed by atoms with Crippen LogP contribution in [-0.2, 0) is 0 Å². The molecule has 4 aromatic rings. The molecule has 8 heteroatoms. The molecular formula is C21H18Cl2N4O2. The van der Waals surface area contributed by atoms with Gasteiger partial charge >= 0.3 is 0 Å². The second-order valence-corrected chi connectivity index (χ2v) is 5.96. The summed E-state index contributed by atoms with van der Waals surface area (Å²) in [6.07, 6.45) is 6.47. The molecule has 0 aliphatic carbocycles. The Morgan fingerprint density at radius 3 is 2.66 bits per heavy atom. The molecule has 0 fully saturated rings. The molecule has 4 rings (SSSR count). The van der Waals surface area contributed by atoms with E-state index < -0.39 is 0 Å². The number of carbonyl (C=O) groups excluding carboxylic acids is 1. The molecule has 3 N–H and O–H groups in total. The van der Waals surface area contributed by atoms with Crippen molar-refractivity contribution in [2.24, 2.45) is 10.9 Å². The number of anilines is 1. The molecule has 0 saturated carbocycles. The van der Waals surface area contributed by atoms with E-state index >= 15 is 0 Å². The van der Waals surface area contributed by atoms with E-state index in [1.807, 2.05) is 42.5 Å². The molecule has 0 atom stereocenters. The van der Waals surface area contributed by atoms with Crippen LogP contribution >= 0.6 is 24.8 Å². The fraction of sp³-hybridized carbons (Fsp3) is 0. The van der Waals surface area contributed by atoms with Crippen molar-refractivity contribution in [1.29, 1.82) is 0 Å². The zero-order valence-corrected chi connectivity index (χ0v) is 16.7. The van der Waals surface area contributed by atoms with E-state index in [0.717, 1.165) is 27.5 Å². The Labute approximate surface area is 179 Å². The number of pyridine rings is 1. The highest BCUT2D eigenvalue weighted by atomic mass is 35.5. The monoisotopic (exact) mass is 428 g/mol. The minimum Gasteiger partial charge on any atom is -0.472 e. The molecular weight excluding hydrogens is 411 g/mol. The zero-order valence-electron chi connectivity index (χ0n) is 15.1. The van der Waals surface area contributed by atoms with Gasteiger partial charge in [-0.25, -0.2) is 4.98 Å². The fourth-order valence-electron chi connectivity index (χ4n) is 2.95. The van der Waals surface area contributed by atoms with Crippen molar-refractivity contribution in [2.45, 2.75) is 0 Å². The summed E-state index contributed by atoms with van der Waals surface area (Å²) in [4.78, 5) is 16.9. The molecule has 0 radical (unpaired) electrons. The molecule has 0 aliphatic rings. The number of halogens is 2. The Kier molecular flexibility index (Phi) is 7.36. The maximum Gasteiger partial charge on any atom is 0.256 e. The van der Waals surface area contributed by atoms with Crippen LogP contribution in [0.1, 0.15) is 15.9 Å². The second kappa shape index (κ2) is 9.73. The largest absolute Gasteiger partial charge is 0.472 e. The average Bonchev–Trinajstić information content (AvgIpc) is 3.23. The standard InChI is InChI=1S/C21H16N4O2.2ClH/c22-24-12-14-4-5-15-10-17(21(26)25-20-3-1-2-7-23-20)11-19(18(15)9-14)16-6-8-27-13-16;;/h1-13H,22H2,(H,23,25,26);2*1H. The Morgan fingerprint density at radius 2 is 1.97 bits per heavy atom. The first-order chi connectivity index (χ1) is 13.2. The molecule has 0 bridgehead atoms. The lowest BCUT2D eigenvalue weighted by Gasteiger charge is -2.10. The normalized spacial score (nSPS) is 10.3. The maximum absolute atomic E-state index is 12.7. The number of aromatic nitrogens is 1. The summed E-state index contributed by atoms with van der Waals surface area (Å²) in [6, 6.07) is 16.7. The molecule has 0 unspecified atom stereocenters. The summed E-state index contributed by atoms with van der Waals surface area (Å²) in [5.74, 6) is 5.54. The van der Waals surface area contributed by atoms with Crippen molar-refractivity contribution in [3.63, 3.8) is 0 Å². The van der Waals surface area contributed by atoms with Crippen LogP contribution in [0.5, 0.6) is 0 Å². The average molecular weight is 429 g/mol. The maximum atomic E-state index is 12.7. The summed E-state index contributed by atoms with van der Waals surface area (Å²) in [5.41, 5.74) is 3.18. The highest BCUT2D eigenvalue weighted by Crippen LogP contribution is 2.31. The van der Waals surface area contributed by atoms with E-state index in [-0.39, 0.29) is 30.7 Å². The molecule has 6 nitrogen and oxygen atoms in total. The Hall–Kier alpha value is -3.35. The van der Waals surface area contributed by atoms with Crippen molar-refractivity contribution in [1.82, 2.24) is 4.98 Å². The number of benzene rings is 2. The van der Waals surface area contributed by atoms with Gasteiger partial charge in [-0.3, -0.25) is 4.79 Å². The number of amides is 1. The predicted octanol–water partition coefficient (Wildman–Crippen LogP) is 4.88. The SMILES string of the molecule is Cl.Cl.NN=Cc1ccc2cc(C(=O)Nc3ccccn3)cc(-c3ccoc3)c2c1. The zero-order chi connectivity index (χ0) is 18.6. The van der Waals surface area contributed by atoms with Crippen LogP contribution in [0.25, 0.3) is 21.9 Å². The van der Waals surface area contributed by atoms with Crippen LogP contribution in [0, 0.1) is 0 Å². The summed E-state index contributed by atoms with van der Waals surface area (Å²) in [5, 5.41) is 8.30. The van der Waals surface area contributed by atoms with Gasteiger partial charge in [-0.15, -0.1) is 24.8 Å². The third kappa shape index (κ3) is 4.74. The number of rotatable bonds is 4. The summed E-state index contributed by atoms with van der Waals surface area (Å²) < 4.78 is 5.23. The molecule has 148 valence electrons. The van der Waals surface area contributed by atoms with Gasteiger partial charge in [0, 0.05) is 17.3 Å². The predicted molar refractivity (Wildman–Crippen MR) is 120 cm³/mol. The first-order valence-corrected chi connectivity index (χ1v) is 8.30. The number of hydrogen-bond donors (Lipinski definition) is 2. The molecule has 2 aromatic heterocycles.